The van der Waals surface area contributed by atoms with Crippen LogP contribution in [0.4, 0.5) is 10.2 Å². The van der Waals surface area contributed by atoms with Gasteiger partial charge in [0.25, 0.3) is 0 Å². The van der Waals surface area contributed by atoms with Gasteiger partial charge in [0.05, 0.1) is 0 Å². The van der Waals surface area contributed by atoms with Gasteiger partial charge in [-0.3, -0.25) is 0 Å². The van der Waals surface area contributed by atoms with Crippen LogP contribution in [-0.2, 0) is 6.54 Å². The van der Waals surface area contributed by atoms with Crippen molar-refractivity contribution in [3.8, 4) is 11.3 Å². The van der Waals surface area contributed by atoms with Crippen molar-refractivity contribution in [1.82, 2.24) is 9.55 Å². The van der Waals surface area contributed by atoms with E-state index in [-0.39, 0.29) is 5.82 Å². The molecule has 0 amide bonds. The van der Waals surface area contributed by atoms with E-state index in [1.807, 2.05) is 11.5 Å². The van der Waals surface area contributed by atoms with E-state index in [9.17, 15) is 4.39 Å². The maximum Gasteiger partial charge on any atom is 0.132 e. The molecule has 1 aromatic heterocycles. The molecule has 0 unspecified atom stereocenters. The Kier molecular flexibility index (Phi) is 2.95. The fourth-order valence-electron chi connectivity index (χ4n) is 1.79. The minimum Gasteiger partial charge on any atom is -0.383 e. The molecule has 0 aliphatic carbocycles. The number of nitrogens with zero attached hydrogens (tertiary/aromatic N) is 2. The van der Waals surface area contributed by atoms with Crippen LogP contribution in [0.15, 0.2) is 36.9 Å². The first-order valence-corrected chi connectivity index (χ1v) is 5.33. The van der Waals surface area contributed by atoms with Crippen molar-refractivity contribution >= 4 is 5.82 Å². The van der Waals surface area contributed by atoms with Gasteiger partial charge in [0.15, 0.2) is 0 Å². The number of aromatic nitrogens is 2. The highest BCUT2D eigenvalue weighted by molar-refractivity contribution is 5.71. The van der Waals surface area contributed by atoms with Gasteiger partial charge < -0.3 is 10.3 Å². The quantitative estimate of drug-likeness (QED) is 0.825. The van der Waals surface area contributed by atoms with Crippen molar-refractivity contribution in [3.63, 3.8) is 0 Å². The molecule has 2 N–H and O–H groups in total. The number of nitrogen functional groups attached to an aromatic ring is 1. The second kappa shape index (κ2) is 4.41. The fraction of sp³-hybridized carbons (Fsp3) is 0.154. The number of anilines is 1. The molecule has 0 spiro atoms. The normalized spacial score (nSPS) is 10.5. The Balaban J connectivity index is 2.53. The molecule has 0 atom stereocenters. The summed E-state index contributed by atoms with van der Waals surface area (Å²) in [5.41, 5.74) is 7.31. The molecule has 3 nitrogen and oxygen atoms in total. The molecule has 88 valence electrons. The second-order valence-electron chi connectivity index (χ2n) is 3.80. The summed E-state index contributed by atoms with van der Waals surface area (Å²) in [6, 6.07) is 6.26. The van der Waals surface area contributed by atoms with Gasteiger partial charge in [0.2, 0.25) is 0 Å². The SMILES string of the molecule is C=CCn1c(C)nc(-c2cccc(F)c2)c1N. The fourth-order valence-corrected chi connectivity index (χ4v) is 1.79. The van der Waals surface area contributed by atoms with Gasteiger partial charge in [0.1, 0.15) is 23.2 Å². The van der Waals surface area contributed by atoms with Gasteiger partial charge in [-0.15, -0.1) is 6.58 Å². The highest BCUT2D eigenvalue weighted by Crippen LogP contribution is 2.26. The van der Waals surface area contributed by atoms with E-state index in [0.717, 1.165) is 5.82 Å². The largest absolute Gasteiger partial charge is 0.383 e. The third-order valence-electron chi connectivity index (χ3n) is 2.61. The van der Waals surface area contributed by atoms with E-state index in [2.05, 4.69) is 11.6 Å². The Morgan fingerprint density at radius 3 is 2.94 bits per heavy atom. The van der Waals surface area contributed by atoms with E-state index < -0.39 is 0 Å². The van der Waals surface area contributed by atoms with Crippen LogP contribution in [-0.4, -0.2) is 9.55 Å². The summed E-state index contributed by atoms with van der Waals surface area (Å²) in [7, 11) is 0. The highest BCUT2D eigenvalue weighted by atomic mass is 19.1. The zero-order chi connectivity index (χ0) is 12.4. The first kappa shape index (κ1) is 11.4. The molecular formula is C13H14FN3. The molecule has 0 radical (unpaired) electrons. The standard InChI is InChI=1S/C13H14FN3/c1-3-7-17-9(2)16-12(13(17)15)10-5-4-6-11(14)8-10/h3-6,8H,1,7,15H2,2H3. The molecule has 2 rings (SSSR count). The zero-order valence-corrected chi connectivity index (χ0v) is 9.65. The van der Waals surface area contributed by atoms with Gasteiger partial charge >= 0.3 is 0 Å². The topological polar surface area (TPSA) is 43.8 Å². The third kappa shape index (κ3) is 2.06. The number of halogens is 1. The monoisotopic (exact) mass is 231 g/mol. The van der Waals surface area contributed by atoms with Gasteiger partial charge in [0, 0.05) is 12.1 Å². The molecule has 0 saturated carbocycles. The van der Waals surface area contributed by atoms with Crippen molar-refractivity contribution in [3.05, 3.63) is 48.6 Å². The summed E-state index contributed by atoms with van der Waals surface area (Å²) in [5, 5.41) is 0. The number of benzene rings is 1. The van der Waals surface area contributed by atoms with Crippen LogP contribution in [0, 0.1) is 12.7 Å². The minimum atomic E-state index is -0.294. The summed E-state index contributed by atoms with van der Waals surface area (Å²) in [6.07, 6.45) is 1.75. The molecule has 0 saturated heterocycles. The second-order valence-corrected chi connectivity index (χ2v) is 3.80. The third-order valence-corrected chi connectivity index (χ3v) is 2.61. The van der Waals surface area contributed by atoms with E-state index in [1.165, 1.54) is 12.1 Å². The molecule has 0 aliphatic heterocycles. The lowest BCUT2D eigenvalue weighted by atomic mass is 10.1. The molecule has 1 heterocycles. The number of rotatable bonds is 3. The Bertz CT molecular complexity index is 558. The van der Waals surface area contributed by atoms with E-state index >= 15 is 0 Å². The van der Waals surface area contributed by atoms with E-state index in [4.69, 9.17) is 5.73 Å². The van der Waals surface area contributed by atoms with Crippen LogP contribution >= 0.6 is 0 Å². The Labute approximate surface area is 99.4 Å². The van der Waals surface area contributed by atoms with Crippen molar-refractivity contribution < 1.29 is 4.39 Å². The number of imidazole rings is 1. The summed E-state index contributed by atoms with van der Waals surface area (Å²) in [5.74, 6) is 1.03. The first-order valence-electron chi connectivity index (χ1n) is 5.33. The highest BCUT2D eigenvalue weighted by Gasteiger charge is 2.12. The van der Waals surface area contributed by atoms with Crippen LogP contribution in [0.25, 0.3) is 11.3 Å². The molecule has 2 aromatic rings. The van der Waals surface area contributed by atoms with Gasteiger partial charge in [-0.05, 0) is 19.1 Å². The van der Waals surface area contributed by atoms with Crippen molar-refractivity contribution in [2.24, 2.45) is 0 Å². The Morgan fingerprint density at radius 1 is 1.53 bits per heavy atom. The molecule has 0 aliphatic rings. The van der Waals surface area contributed by atoms with Gasteiger partial charge in [-0.1, -0.05) is 18.2 Å². The van der Waals surface area contributed by atoms with Crippen LogP contribution in [0.3, 0.4) is 0 Å². The molecule has 17 heavy (non-hydrogen) atoms. The van der Waals surface area contributed by atoms with Crippen LogP contribution in [0.1, 0.15) is 5.82 Å². The molecule has 0 fully saturated rings. The number of hydrogen-bond donors (Lipinski definition) is 1. The first-order chi connectivity index (χ1) is 8.13. The Morgan fingerprint density at radius 2 is 2.29 bits per heavy atom. The maximum atomic E-state index is 13.1. The van der Waals surface area contributed by atoms with E-state index in [1.54, 1.807) is 18.2 Å². The Hall–Kier alpha value is -2.10. The lowest BCUT2D eigenvalue weighted by Gasteiger charge is -2.04. The van der Waals surface area contributed by atoms with Gasteiger partial charge in [-0.25, -0.2) is 9.37 Å². The van der Waals surface area contributed by atoms with Crippen LogP contribution in [0.5, 0.6) is 0 Å². The molecule has 1 aromatic carbocycles. The predicted octanol–water partition coefficient (Wildman–Crippen LogP) is 2.77. The van der Waals surface area contributed by atoms with E-state index in [0.29, 0.717) is 23.6 Å². The average molecular weight is 231 g/mol. The summed E-state index contributed by atoms with van der Waals surface area (Å²) < 4.78 is 15.0. The predicted molar refractivity (Wildman–Crippen MR) is 67.0 cm³/mol. The summed E-state index contributed by atoms with van der Waals surface area (Å²) in [4.78, 5) is 4.36. The molecule has 0 bridgehead atoms. The maximum absolute atomic E-state index is 13.1. The number of allylic oxidation sites excluding steroid dienone is 1. The van der Waals surface area contributed by atoms with Crippen LogP contribution in [0.2, 0.25) is 0 Å². The average Bonchev–Trinajstić information content (AvgIpc) is 2.57. The molecule has 4 heteroatoms. The summed E-state index contributed by atoms with van der Waals surface area (Å²) in [6.45, 7) is 6.13. The lowest BCUT2D eigenvalue weighted by molar-refractivity contribution is 0.628. The minimum absolute atomic E-state index is 0.294. The number of hydrogen-bond acceptors (Lipinski definition) is 2. The van der Waals surface area contributed by atoms with Crippen LogP contribution < -0.4 is 5.73 Å². The number of nitrogens with two attached hydrogens (primary N) is 1. The zero-order valence-electron chi connectivity index (χ0n) is 9.65. The van der Waals surface area contributed by atoms with Crippen molar-refractivity contribution in [2.75, 3.05) is 5.73 Å². The number of aryl methyl sites for hydroxylation is 1. The van der Waals surface area contributed by atoms with Gasteiger partial charge in [-0.2, -0.15) is 0 Å². The smallest absolute Gasteiger partial charge is 0.132 e. The van der Waals surface area contributed by atoms with Crippen molar-refractivity contribution in [1.29, 1.82) is 0 Å². The summed E-state index contributed by atoms with van der Waals surface area (Å²) >= 11 is 0. The van der Waals surface area contributed by atoms with Crippen molar-refractivity contribution in [2.45, 2.75) is 13.5 Å². The molecular weight excluding hydrogens is 217 g/mol. The lowest BCUT2D eigenvalue weighted by Crippen LogP contribution is -2.03.